The van der Waals surface area contributed by atoms with Crippen molar-refractivity contribution in [3.05, 3.63) is 35.4 Å². The molecule has 2 saturated heterocycles. The number of carbonyl (C=O) groups excluding carboxylic acids is 2. The monoisotopic (exact) mass is 342 g/mol. The molecular formula is C21H30N2O2. The molecular weight excluding hydrogens is 312 g/mol. The summed E-state index contributed by atoms with van der Waals surface area (Å²) >= 11 is 0. The van der Waals surface area contributed by atoms with Crippen LogP contribution in [0.4, 0.5) is 0 Å². The van der Waals surface area contributed by atoms with Crippen molar-refractivity contribution in [3.8, 4) is 0 Å². The highest BCUT2D eigenvalue weighted by atomic mass is 16.2. The topological polar surface area (TPSA) is 40.6 Å². The van der Waals surface area contributed by atoms with Crippen LogP contribution < -0.4 is 0 Å². The molecule has 0 aliphatic carbocycles. The minimum Gasteiger partial charge on any atom is -0.343 e. The number of rotatable bonds is 4. The molecule has 0 spiro atoms. The van der Waals surface area contributed by atoms with Crippen molar-refractivity contribution >= 4 is 11.8 Å². The highest BCUT2D eigenvalue weighted by Crippen LogP contribution is 2.24. The van der Waals surface area contributed by atoms with Gasteiger partial charge in [0, 0.05) is 38.2 Å². The van der Waals surface area contributed by atoms with Gasteiger partial charge in [0.05, 0.1) is 0 Å². The summed E-state index contributed by atoms with van der Waals surface area (Å²) in [4.78, 5) is 28.8. The molecule has 0 radical (unpaired) electrons. The number of likely N-dealkylation sites (tertiary alicyclic amines) is 2. The summed E-state index contributed by atoms with van der Waals surface area (Å²) in [5.41, 5.74) is 1.96. The Morgan fingerprint density at radius 2 is 1.56 bits per heavy atom. The minimum atomic E-state index is 0.142. The van der Waals surface area contributed by atoms with Gasteiger partial charge in [-0.15, -0.1) is 0 Å². The zero-order chi connectivity index (χ0) is 17.6. The first-order valence-electron chi connectivity index (χ1n) is 9.77. The van der Waals surface area contributed by atoms with Crippen molar-refractivity contribution in [2.45, 2.75) is 51.9 Å². The van der Waals surface area contributed by atoms with E-state index < -0.39 is 0 Å². The average molecular weight is 342 g/mol. The lowest BCUT2D eigenvalue weighted by Gasteiger charge is -2.33. The van der Waals surface area contributed by atoms with E-state index in [9.17, 15) is 9.59 Å². The SMILES string of the molecule is Cc1ccc(C(=O)N2CCC(CCC(=O)N3CCCCC3)CC2)cc1. The molecule has 2 heterocycles. The van der Waals surface area contributed by atoms with E-state index in [1.54, 1.807) is 0 Å². The Bertz CT molecular complexity index is 582. The fourth-order valence-corrected chi connectivity index (χ4v) is 3.93. The lowest BCUT2D eigenvalue weighted by atomic mass is 9.91. The molecule has 2 amide bonds. The summed E-state index contributed by atoms with van der Waals surface area (Å²) in [6.45, 7) is 5.56. The van der Waals surface area contributed by atoms with Crippen LogP contribution in [0.25, 0.3) is 0 Å². The molecule has 0 saturated carbocycles. The minimum absolute atomic E-state index is 0.142. The Balaban J connectivity index is 1.41. The summed E-state index contributed by atoms with van der Waals surface area (Å²) in [6.07, 6.45) is 7.27. The predicted molar refractivity (Wildman–Crippen MR) is 99.5 cm³/mol. The number of hydrogen-bond acceptors (Lipinski definition) is 2. The van der Waals surface area contributed by atoms with Gasteiger partial charge < -0.3 is 9.80 Å². The van der Waals surface area contributed by atoms with Crippen LogP contribution in [0, 0.1) is 12.8 Å². The molecule has 3 rings (SSSR count). The van der Waals surface area contributed by atoms with E-state index in [2.05, 4.69) is 0 Å². The molecule has 0 bridgehead atoms. The summed E-state index contributed by atoms with van der Waals surface area (Å²) in [5.74, 6) is 1.05. The quantitative estimate of drug-likeness (QED) is 0.838. The number of carbonyl (C=O) groups is 2. The molecule has 136 valence electrons. The van der Waals surface area contributed by atoms with Crippen molar-refractivity contribution in [3.63, 3.8) is 0 Å². The Hall–Kier alpha value is -1.84. The first-order chi connectivity index (χ1) is 12.1. The van der Waals surface area contributed by atoms with Crippen LogP contribution in [0.1, 0.15) is 60.9 Å². The number of piperidine rings is 2. The average Bonchev–Trinajstić information content (AvgIpc) is 2.67. The maximum absolute atomic E-state index is 12.6. The zero-order valence-electron chi connectivity index (χ0n) is 15.4. The van der Waals surface area contributed by atoms with Gasteiger partial charge in [-0.05, 0) is 63.5 Å². The van der Waals surface area contributed by atoms with Gasteiger partial charge in [-0.3, -0.25) is 9.59 Å². The van der Waals surface area contributed by atoms with Crippen molar-refractivity contribution < 1.29 is 9.59 Å². The van der Waals surface area contributed by atoms with E-state index in [0.717, 1.165) is 63.8 Å². The van der Waals surface area contributed by atoms with E-state index in [0.29, 0.717) is 18.2 Å². The lowest BCUT2D eigenvalue weighted by Crippen LogP contribution is -2.39. The Labute approximate surface area is 151 Å². The van der Waals surface area contributed by atoms with Crippen LogP contribution in [0.3, 0.4) is 0 Å². The molecule has 2 aliphatic heterocycles. The first kappa shape index (κ1) is 18.0. The second-order valence-corrected chi connectivity index (χ2v) is 7.58. The largest absolute Gasteiger partial charge is 0.343 e. The van der Waals surface area contributed by atoms with Crippen molar-refractivity contribution in [2.75, 3.05) is 26.2 Å². The molecule has 2 aliphatic rings. The smallest absolute Gasteiger partial charge is 0.253 e. The van der Waals surface area contributed by atoms with Crippen LogP contribution in [0.15, 0.2) is 24.3 Å². The van der Waals surface area contributed by atoms with Crippen molar-refractivity contribution in [2.24, 2.45) is 5.92 Å². The van der Waals surface area contributed by atoms with Gasteiger partial charge in [0.15, 0.2) is 0 Å². The maximum atomic E-state index is 12.6. The maximum Gasteiger partial charge on any atom is 0.253 e. The molecule has 0 atom stereocenters. The number of hydrogen-bond donors (Lipinski definition) is 0. The molecule has 0 unspecified atom stereocenters. The highest BCUT2D eigenvalue weighted by molar-refractivity contribution is 5.94. The van der Waals surface area contributed by atoms with Crippen LogP contribution in [0.5, 0.6) is 0 Å². The van der Waals surface area contributed by atoms with Crippen molar-refractivity contribution in [1.29, 1.82) is 0 Å². The fraction of sp³-hybridized carbons (Fsp3) is 0.619. The summed E-state index contributed by atoms with van der Waals surface area (Å²) in [7, 11) is 0. The van der Waals surface area contributed by atoms with Crippen molar-refractivity contribution in [1.82, 2.24) is 9.80 Å². The third-order valence-corrected chi connectivity index (χ3v) is 5.68. The molecule has 0 N–H and O–H groups in total. The third kappa shape index (κ3) is 4.83. The third-order valence-electron chi connectivity index (χ3n) is 5.68. The van der Waals surface area contributed by atoms with Crippen LogP contribution in [-0.4, -0.2) is 47.8 Å². The highest BCUT2D eigenvalue weighted by Gasteiger charge is 2.25. The van der Waals surface area contributed by atoms with Gasteiger partial charge >= 0.3 is 0 Å². The predicted octanol–water partition coefficient (Wildman–Crippen LogP) is 3.64. The summed E-state index contributed by atoms with van der Waals surface area (Å²) < 4.78 is 0. The molecule has 1 aromatic carbocycles. The van der Waals surface area contributed by atoms with Gasteiger partial charge in [-0.2, -0.15) is 0 Å². The number of amides is 2. The normalized spacial score (nSPS) is 19.1. The molecule has 4 heteroatoms. The van der Waals surface area contributed by atoms with E-state index >= 15 is 0 Å². The second kappa shape index (κ2) is 8.50. The van der Waals surface area contributed by atoms with Gasteiger partial charge in [0.1, 0.15) is 0 Å². The molecule has 4 nitrogen and oxygen atoms in total. The lowest BCUT2D eigenvalue weighted by molar-refractivity contribution is -0.132. The second-order valence-electron chi connectivity index (χ2n) is 7.58. The van der Waals surface area contributed by atoms with E-state index in [1.165, 1.54) is 12.0 Å². The van der Waals surface area contributed by atoms with Crippen LogP contribution >= 0.6 is 0 Å². The molecule has 25 heavy (non-hydrogen) atoms. The Morgan fingerprint density at radius 3 is 2.20 bits per heavy atom. The van der Waals surface area contributed by atoms with E-state index in [1.807, 2.05) is 41.0 Å². The first-order valence-corrected chi connectivity index (χ1v) is 9.77. The Morgan fingerprint density at radius 1 is 0.920 bits per heavy atom. The van der Waals surface area contributed by atoms with Gasteiger partial charge in [-0.25, -0.2) is 0 Å². The molecule has 0 aromatic heterocycles. The number of nitrogens with zero attached hydrogens (tertiary/aromatic N) is 2. The van der Waals surface area contributed by atoms with Crippen LogP contribution in [0.2, 0.25) is 0 Å². The van der Waals surface area contributed by atoms with E-state index in [4.69, 9.17) is 0 Å². The fourth-order valence-electron chi connectivity index (χ4n) is 3.93. The summed E-state index contributed by atoms with van der Waals surface area (Å²) in [5, 5.41) is 0. The van der Waals surface area contributed by atoms with E-state index in [-0.39, 0.29) is 5.91 Å². The zero-order valence-corrected chi connectivity index (χ0v) is 15.4. The summed E-state index contributed by atoms with van der Waals surface area (Å²) in [6, 6.07) is 7.82. The van der Waals surface area contributed by atoms with Crippen LogP contribution in [-0.2, 0) is 4.79 Å². The molecule has 2 fully saturated rings. The number of benzene rings is 1. The van der Waals surface area contributed by atoms with Gasteiger partial charge in [0.25, 0.3) is 5.91 Å². The van der Waals surface area contributed by atoms with Gasteiger partial charge in [0.2, 0.25) is 5.91 Å². The van der Waals surface area contributed by atoms with Gasteiger partial charge in [-0.1, -0.05) is 17.7 Å². The number of aryl methyl sites for hydroxylation is 1. The molecule has 1 aromatic rings. The Kier molecular flexibility index (Phi) is 6.11. The standard InChI is InChI=1S/C21H30N2O2/c1-17-5-8-19(9-6-17)21(25)23-15-11-18(12-16-23)7-10-20(24)22-13-3-2-4-14-22/h5-6,8-9,18H,2-4,7,10-16H2,1H3.